The molecule has 0 aliphatic heterocycles. The zero-order chi connectivity index (χ0) is 13.7. The second-order valence-electron chi connectivity index (χ2n) is 5.44. The largest absolute Gasteiger partial charge is 0.354 e. The van der Waals surface area contributed by atoms with Crippen molar-refractivity contribution < 1.29 is 4.79 Å². The monoisotopic (exact) mass is 256 g/mol. The Hall–Kier alpha value is -1.82. The van der Waals surface area contributed by atoms with Gasteiger partial charge >= 0.3 is 0 Å². The van der Waals surface area contributed by atoms with Gasteiger partial charge in [0.25, 0.3) is 0 Å². The molecule has 2 rings (SSSR count). The Labute approximate surface area is 114 Å². The number of amides is 1. The summed E-state index contributed by atoms with van der Waals surface area (Å²) in [6, 6.07) is 11.8. The molecule has 3 nitrogen and oxygen atoms in total. The zero-order valence-corrected chi connectivity index (χ0v) is 11.4. The fraction of sp³-hybridized carbons (Fsp3) is 0.500. The molecular weight excluding hydrogens is 236 g/mol. The van der Waals surface area contributed by atoms with Crippen molar-refractivity contribution in [3.63, 3.8) is 0 Å². The maximum atomic E-state index is 12.0. The maximum Gasteiger partial charge on any atom is 0.237 e. The van der Waals surface area contributed by atoms with Crippen LogP contribution in [0.15, 0.2) is 30.3 Å². The summed E-state index contributed by atoms with van der Waals surface area (Å²) in [5.74, 6) is -0.721. The van der Waals surface area contributed by atoms with Crippen LogP contribution in [0.5, 0.6) is 0 Å². The van der Waals surface area contributed by atoms with E-state index in [9.17, 15) is 4.79 Å². The molecule has 1 unspecified atom stereocenters. The maximum absolute atomic E-state index is 12.0. The molecule has 1 amide bonds. The van der Waals surface area contributed by atoms with Gasteiger partial charge in [0.05, 0.1) is 6.07 Å². The van der Waals surface area contributed by atoms with Gasteiger partial charge in [0.1, 0.15) is 5.92 Å². The van der Waals surface area contributed by atoms with Crippen LogP contribution >= 0.6 is 0 Å². The van der Waals surface area contributed by atoms with Gasteiger partial charge in [-0.1, -0.05) is 37.3 Å². The Morgan fingerprint density at radius 1 is 1.42 bits per heavy atom. The fourth-order valence-electron chi connectivity index (χ4n) is 2.28. The third-order valence-corrected chi connectivity index (χ3v) is 4.10. The molecule has 1 fully saturated rings. The molecule has 100 valence electrons. The van der Waals surface area contributed by atoms with E-state index in [1.54, 1.807) is 0 Å². The van der Waals surface area contributed by atoms with Gasteiger partial charge in [-0.05, 0) is 36.7 Å². The molecule has 0 aromatic heterocycles. The topological polar surface area (TPSA) is 52.9 Å². The summed E-state index contributed by atoms with van der Waals surface area (Å²) in [6.07, 6.45) is 3.98. The van der Waals surface area contributed by atoms with Crippen LogP contribution in [0.1, 0.15) is 31.7 Å². The van der Waals surface area contributed by atoms with Crippen molar-refractivity contribution in [2.45, 2.75) is 32.6 Å². The number of carbonyl (C=O) groups excluding carboxylic acids is 1. The third-order valence-electron chi connectivity index (χ3n) is 4.10. The van der Waals surface area contributed by atoms with Crippen LogP contribution in [0, 0.1) is 22.7 Å². The van der Waals surface area contributed by atoms with Crippen molar-refractivity contribution in [3.05, 3.63) is 35.9 Å². The van der Waals surface area contributed by atoms with Gasteiger partial charge in [0, 0.05) is 6.54 Å². The first-order valence-electron chi connectivity index (χ1n) is 6.90. The second-order valence-corrected chi connectivity index (χ2v) is 5.44. The van der Waals surface area contributed by atoms with Gasteiger partial charge in [-0.25, -0.2) is 0 Å². The van der Waals surface area contributed by atoms with Crippen LogP contribution in [0.2, 0.25) is 0 Å². The average Bonchev–Trinajstić information content (AvgIpc) is 3.24. The first-order chi connectivity index (χ1) is 9.19. The van der Waals surface area contributed by atoms with E-state index in [2.05, 4.69) is 18.3 Å². The summed E-state index contributed by atoms with van der Waals surface area (Å²) in [4.78, 5) is 12.0. The Kier molecular flexibility index (Phi) is 4.21. The Bertz CT molecular complexity index is 471. The molecule has 0 saturated heterocycles. The average molecular weight is 256 g/mol. The van der Waals surface area contributed by atoms with Crippen LogP contribution in [0.4, 0.5) is 0 Å². The lowest BCUT2D eigenvalue weighted by atomic mass is 9.99. The lowest BCUT2D eigenvalue weighted by Crippen LogP contribution is -2.35. The van der Waals surface area contributed by atoms with Crippen molar-refractivity contribution in [1.82, 2.24) is 5.32 Å². The number of nitrogens with one attached hydrogen (secondary N) is 1. The van der Waals surface area contributed by atoms with Crippen molar-refractivity contribution in [2.75, 3.05) is 6.54 Å². The third kappa shape index (κ3) is 3.57. The Morgan fingerprint density at radius 3 is 2.63 bits per heavy atom. The summed E-state index contributed by atoms with van der Waals surface area (Å²) in [6.45, 7) is 2.88. The molecule has 1 saturated carbocycles. The SMILES string of the molecule is CCC1(CNC(=O)C(C#N)Cc2ccccc2)CC1. The highest BCUT2D eigenvalue weighted by molar-refractivity contribution is 5.81. The van der Waals surface area contributed by atoms with Crippen molar-refractivity contribution in [1.29, 1.82) is 5.26 Å². The molecule has 1 N–H and O–H groups in total. The normalized spacial score (nSPS) is 17.3. The highest BCUT2D eigenvalue weighted by Gasteiger charge is 2.40. The number of hydrogen-bond acceptors (Lipinski definition) is 2. The number of carbonyl (C=O) groups is 1. The number of benzene rings is 1. The van der Waals surface area contributed by atoms with E-state index in [0.717, 1.165) is 18.5 Å². The Morgan fingerprint density at radius 2 is 2.11 bits per heavy atom. The highest BCUT2D eigenvalue weighted by atomic mass is 16.1. The zero-order valence-electron chi connectivity index (χ0n) is 11.4. The van der Waals surface area contributed by atoms with Gasteiger partial charge in [-0.15, -0.1) is 0 Å². The first-order valence-corrected chi connectivity index (χ1v) is 6.90. The summed E-state index contributed by atoms with van der Waals surface area (Å²) in [7, 11) is 0. The highest BCUT2D eigenvalue weighted by Crippen LogP contribution is 2.47. The number of nitrogens with zero attached hydrogens (tertiary/aromatic N) is 1. The summed E-state index contributed by atoms with van der Waals surface area (Å²) in [5.41, 5.74) is 1.35. The predicted molar refractivity (Wildman–Crippen MR) is 74.2 cm³/mol. The Balaban J connectivity index is 1.87. The minimum Gasteiger partial charge on any atom is -0.354 e. The van der Waals surface area contributed by atoms with E-state index in [-0.39, 0.29) is 5.91 Å². The van der Waals surface area contributed by atoms with Crippen molar-refractivity contribution in [2.24, 2.45) is 11.3 Å². The van der Waals surface area contributed by atoms with Gasteiger partial charge < -0.3 is 5.32 Å². The van der Waals surface area contributed by atoms with E-state index in [1.165, 1.54) is 12.8 Å². The minimum absolute atomic E-state index is 0.133. The molecule has 1 aromatic carbocycles. The molecule has 1 aromatic rings. The van der Waals surface area contributed by atoms with Gasteiger partial charge in [-0.3, -0.25) is 4.79 Å². The molecular formula is C16H20N2O. The quantitative estimate of drug-likeness (QED) is 0.850. The standard InChI is InChI=1S/C16H20N2O/c1-2-16(8-9-16)12-18-15(19)14(11-17)10-13-6-4-3-5-7-13/h3-7,14H,2,8-10,12H2,1H3,(H,18,19). The second kappa shape index (κ2) is 5.88. The summed E-state index contributed by atoms with van der Waals surface area (Å²) in [5, 5.41) is 12.1. The van der Waals surface area contributed by atoms with Gasteiger partial charge in [0.2, 0.25) is 5.91 Å². The van der Waals surface area contributed by atoms with E-state index >= 15 is 0 Å². The molecule has 0 radical (unpaired) electrons. The molecule has 0 heterocycles. The molecule has 19 heavy (non-hydrogen) atoms. The van der Waals surface area contributed by atoms with Gasteiger partial charge in [0.15, 0.2) is 0 Å². The van der Waals surface area contributed by atoms with Crippen LogP contribution in [0.25, 0.3) is 0 Å². The molecule has 1 atom stereocenters. The van der Waals surface area contributed by atoms with Crippen LogP contribution in [0.3, 0.4) is 0 Å². The van der Waals surface area contributed by atoms with E-state index < -0.39 is 5.92 Å². The van der Waals surface area contributed by atoms with Crippen LogP contribution in [-0.4, -0.2) is 12.5 Å². The molecule has 1 aliphatic rings. The molecule has 0 bridgehead atoms. The molecule has 0 spiro atoms. The molecule has 1 aliphatic carbocycles. The predicted octanol–water partition coefficient (Wildman–Crippen LogP) is 2.68. The summed E-state index contributed by atoms with van der Waals surface area (Å²) >= 11 is 0. The summed E-state index contributed by atoms with van der Waals surface area (Å²) < 4.78 is 0. The number of rotatable bonds is 6. The smallest absolute Gasteiger partial charge is 0.237 e. The van der Waals surface area contributed by atoms with E-state index in [4.69, 9.17) is 5.26 Å². The van der Waals surface area contributed by atoms with E-state index in [1.807, 2.05) is 30.3 Å². The van der Waals surface area contributed by atoms with Gasteiger partial charge in [-0.2, -0.15) is 5.26 Å². The fourth-order valence-corrected chi connectivity index (χ4v) is 2.28. The van der Waals surface area contributed by atoms with E-state index in [0.29, 0.717) is 11.8 Å². The van der Waals surface area contributed by atoms with Crippen LogP contribution in [-0.2, 0) is 11.2 Å². The first kappa shape index (κ1) is 13.6. The van der Waals surface area contributed by atoms with Crippen LogP contribution < -0.4 is 5.32 Å². The van der Waals surface area contributed by atoms with Crippen molar-refractivity contribution in [3.8, 4) is 6.07 Å². The number of nitriles is 1. The lowest BCUT2D eigenvalue weighted by molar-refractivity contribution is -0.123. The number of hydrogen-bond donors (Lipinski definition) is 1. The molecule has 3 heteroatoms. The lowest BCUT2D eigenvalue weighted by Gasteiger charge is -2.15. The van der Waals surface area contributed by atoms with Crippen molar-refractivity contribution >= 4 is 5.91 Å². The minimum atomic E-state index is -0.588.